The lowest BCUT2D eigenvalue weighted by atomic mass is 9.87. The molecular formula is C28H28O6. The zero-order valence-corrected chi connectivity index (χ0v) is 19.6. The molecule has 0 saturated carbocycles. The van der Waals surface area contributed by atoms with Crippen molar-refractivity contribution in [3.05, 3.63) is 82.4 Å². The summed E-state index contributed by atoms with van der Waals surface area (Å²) < 4.78 is 27.6. The van der Waals surface area contributed by atoms with E-state index in [0.29, 0.717) is 17.9 Å². The van der Waals surface area contributed by atoms with Crippen LogP contribution in [0.1, 0.15) is 64.2 Å². The molecule has 2 unspecified atom stereocenters. The number of hydrogen-bond donors (Lipinski definition) is 0. The van der Waals surface area contributed by atoms with Gasteiger partial charge in [0.2, 0.25) is 6.79 Å². The molecule has 0 saturated heterocycles. The van der Waals surface area contributed by atoms with Gasteiger partial charge in [0.1, 0.15) is 11.5 Å². The SMILES string of the molecule is CCCOc1ccc2c(c1)C(c1ccc(OC)cc1C(=O)OC)CC2c1ccc2c(c1)OCO2. The van der Waals surface area contributed by atoms with Crippen molar-refractivity contribution < 1.29 is 28.5 Å². The van der Waals surface area contributed by atoms with Gasteiger partial charge < -0.3 is 23.7 Å². The maximum Gasteiger partial charge on any atom is 0.338 e. The molecule has 1 aliphatic heterocycles. The molecule has 0 amide bonds. The first-order valence-corrected chi connectivity index (χ1v) is 11.5. The second-order valence-corrected chi connectivity index (χ2v) is 8.54. The van der Waals surface area contributed by atoms with Gasteiger partial charge in [-0.1, -0.05) is 25.1 Å². The average Bonchev–Trinajstić information content (AvgIpc) is 3.50. The Morgan fingerprint density at radius 2 is 1.68 bits per heavy atom. The van der Waals surface area contributed by atoms with Crippen molar-refractivity contribution in [1.82, 2.24) is 0 Å². The fraction of sp³-hybridized carbons (Fsp3) is 0.321. The number of benzene rings is 3. The van der Waals surface area contributed by atoms with Crippen LogP contribution in [0.5, 0.6) is 23.0 Å². The van der Waals surface area contributed by atoms with Gasteiger partial charge in [0, 0.05) is 11.8 Å². The van der Waals surface area contributed by atoms with Crippen molar-refractivity contribution in [3.63, 3.8) is 0 Å². The van der Waals surface area contributed by atoms with Crippen LogP contribution in [0.2, 0.25) is 0 Å². The molecule has 2 atom stereocenters. The number of ether oxygens (including phenoxy) is 5. The molecule has 0 radical (unpaired) electrons. The molecule has 1 heterocycles. The van der Waals surface area contributed by atoms with Crippen LogP contribution >= 0.6 is 0 Å². The van der Waals surface area contributed by atoms with E-state index in [0.717, 1.165) is 46.8 Å². The standard InChI is InChI=1S/C28H28O6/c1-4-11-32-19-7-9-20-22(17-5-10-26-27(12-17)34-16-33-26)15-24(23(20)14-19)21-8-6-18(30-2)13-25(21)28(29)31-3/h5-10,12-14,22,24H,4,11,15-16H2,1-3H3. The number of methoxy groups -OCH3 is 2. The molecule has 0 N–H and O–H groups in total. The van der Waals surface area contributed by atoms with E-state index in [2.05, 4.69) is 31.2 Å². The van der Waals surface area contributed by atoms with Crippen LogP contribution in [0.3, 0.4) is 0 Å². The molecule has 176 valence electrons. The maximum atomic E-state index is 12.7. The minimum Gasteiger partial charge on any atom is -0.497 e. The Labute approximate surface area is 199 Å². The molecule has 0 bridgehead atoms. The van der Waals surface area contributed by atoms with E-state index in [4.69, 9.17) is 23.7 Å². The normalized spacial score (nSPS) is 17.9. The van der Waals surface area contributed by atoms with Gasteiger partial charge in [-0.2, -0.15) is 0 Å². The molecule has 0 spiro atoms. The minimum absolute atomic E-state index is 0.00407. The Bertz CT molecular complexity index is 1220. The highest BCUT2D eigenvalue weighted by Gasteiger charge is 2.36. The van der Waals surface area contributed by atoms with Crippen molar-refractivity contribution >= 4 is 5.97 Å². The van der Waals surface area contributed by atoms with E-state index in [1.165, 1.54) is 12.7 Å². The van der Waals surface area contributed by atoms with Gasteiger partial charge in [-0.3, -0.25) is 0 Å². The smallest absolute Gasteiger partial charge is 0.338 e. The van der Waals surface area contributed by atoms with Crippen molar-refractivity contribution in [1.29, 1.82) is 0 Å². The van der Waals surface area contributed by atoms with Crippen molar-refractivity contribution in [2.75, 3.05) is 27.6 Å². The van der Waals surface area contributed by atoms with Crippen LogP contribution in [-0.4, -0.2) is 33.6 Å². The van der Waals surface area contributed by atoms with Crippen LogP contribution in [0.15, 0.2) is 54.6 Å². The molecule has 3 aromatic rings. The predicted octanol–water partition coefficient (Wildman–Crippen LogP) is 5.67. The maximum absolute atomic E-state index is 12.7. The number of hydrogen-bond acceptors (Lipinski definition) is 6. The van der Waals surface area contributed by atoms with E-state index in [9.17, 15) is 4.79 Å². The third-order valence-electron chi connectivity index (χ3n) is 6.59. The van der Waals surface area contributed by atoms with Crippen LogP contribution in [0.25, 0.3) is 0 Å². The Morgan fingerprint density at radius 1 is 0.882 bits per heavy atom. The third kappa shape index (κ3) is 3.94. The summed E-state index contributed by atoms with van der Waals surface area (Å²) in [5.74, 6) is 2.76. The van der Waals surface area contributed by atoms with E-state index >= 15 is 0 Å². The molecule has 5 rings (SSSR count). The number of carbonyl (C=O) groups excluding carboxylic acids is 1. The zero-order chi connectivity index (χ0) is 23.7. The summed E-state index contributed by atoms with van der Waals surface area (Å²) in [7, 11) is 2.99. The molecule has 0 aromatic heterocycles. The Balaban J connectivity index is 1.61. The van der Waals surface area contributed by atoms with E-state index in [1.807, 2.05) is 24.3 Å². The lowest BCUT2D eigenvalue weighted by Crippen LogP contribution is -2.10. The van der Waals surface area contributed by atoms with Gasteiger partial charge in [-0.05, 0) is 71.5 Å². The topological polar surface area (TPSA) is 63.2 Å². The number of rotatable bonds is 7. The summed E-state index contributed by atoms with van der Waals surface area (Å²) in [4.78, 5) is 12.7. The van der Waals surface area contributed by atoms with Crippen molar-refractivity contribution in [2.45, 2.75) is 31.6 Å². The van der Waals surface area contributed by atoms with Crippen molar-refractivity contribution in [2.24, 2.45) is 0 Å². The van der Waals surface area contributed by atoms with E-state index < -0.39 is 0 Å². The lowest BCUT2D eigenvalue weighted by molar-refractivity contribution is 0.0598. The Hall–Kier alpha value is -3.67. The van der Waals surface area contributed by atoms with Gasteiger partial charge in [0.25, 0.3) is 0 Å². The Kier molecular flexibility index (Phi) is 6.05. The first-order valence-electron chi connectivity index (χ1n) is 11.5. The van der Waals surface area contributed by atoms with Gasteiger partial charge in [-0.15, -0.1) is 0 Å². The van der Waals surface area contributed by atoms with Gasteiger partial charge in [0.05, 0.1) is 26.4 Å². The van der Waals surface area contributed by atoms with E-state index in [-0.39, 0.29) is 24.6 Å². The second kappa shape index (κ2) is 9.29. The van der Waals surface area contributed by atoms with Gasteiger partial charge in [-0.25, -0.2) is 4.79 Å². The van der Waals surface area contributed by atoms with Gasteiger partial charge >= 0.3 is 5.97 Å². The first-order chi connectivity index (χ1) is 16.6. The summed E-state index contributed by atoms with van der Waals surface area (Å²) in [5.41, 5.74) is 4.98. The van der Waals surface area contributed by atoms with E-state index in [1.54, 1.807) is 13.2 Å². The van der Waals surface area contributed by atoms with Crippen LogP contribution < -0.4 is 18.9 Å². The molecule has 6 heteroatoms. The third-order valence-corrected chi connectivity index (χ3v) is 6.59. The number of carbonyl (C=O) groups is 1. The fourth-order valence-corrected chi connectivity index (χ4v) is 4.96. The molecule has 3 aromatic carbocycles. The van der Waals surface area contributed by atoms with Crippen LogP contribution in [0.4, 0.5) is 0 Å². The molecule has 6 nitrogen and oxygen atoms in total. The van der Waals surface area contributed by atoms with Crippen LogP contribution in [0, 0.1) is 0 Å². The largest absolute Gasteiger partial charge is 0.497 e. The monoisotopic (exact) mass is 460 g/mol. The van der Waals surface area contributed by atoms with Gasteiger partial charge in [0.15, 0.2) is 11.5 Å². The molecule has 0 fully saturated rings. The number of esters is 1. The summed E-state index contributed by atoms with van der Waals surface area (Å²) in [6, 6.07) is 18.1. The zero-order valence-electron chi connectivity index (χ0n) is 19.6. The lowest BCUT2D eigenvalue weighted by Gasteiger charge is -2.18. The quantitative estimate of drug-likeness (QED) is 0.424. The average molecular weight is 461 g/mol. The highest BCUT2D eigenvalue weighted by Crippen LogP contribution is 2.51. The summed E-state index contributed by atoms with van der Waals surface area (Å²) in [5, 5.41) is 0. The molecule has 1 aliphatic carbocycles. The summed E-state index contributed by atoms with van der Waals surface area (Å²) >= 11 is 0. The highest BCUT2D eigenvalue weighted by atomic mass is 16.7. The Morgan fingerprint density at radius 3 is 2.47 bits per heavy atom. The summed E-state index contributed by atoms with van der Waals surface area (Å²) in [6.45, 7) is 2.99. The molecule has 34 heavy (non-hydrogen) atoms. The van der Waals surface area contributed by atoms with Crippen molar-refractivity contribution in [3.8, 4) is 23.0 Å². The fourth-order valence-electron chi connectivity index (χ4n) is 4.96. The molecule has 2 aliphatic rings. The summed E-state index contributed by atoms with van der Waals surface area (Å²) in [6.07, 6.45) is 1.74. The second-order valence-electron chi connectivity index (χ2n) is 8.54. The highest BCUT2D eigenvalue weighted by molar-refractivity contribution is 5.92. The minimum atomic E-state index is -0.375. The number of fused-ring (bicyclic) bond motifs is 2. The predicted molar refractivity (Wildman–Crippen MR) is 127 cm³/mol. The first kappa shape index (κ1) is 22.1. The molecular weight excluding hydrogens is 432 g/mol. The van der Waals surface area contributed by atoms with Crippen LogP contribution in [-0.2, 0) is 4.74 Å².